The van der Waals surface area contributed by atoms with E-state index in [1.807, 2.05) is 0 Å². The van der Waals surface area contributed by atoms with Crippen LogP contribution in [-0.2, 0) is 12.8 Å². The SMILES string of the molecule is Cc1ccc(-n2c3ccccc3c3ccc(-c4ccc5c(c4)C(C)C(c4ccc6c(c4)-c4ccccc4CCC6c4ccccc4)Cc4ccccc4-5)cc32)cc1. The van der Waals surface area contributed by atoms with Gasteiger partial charge in [-0.15, -0.1) is 0 Å². The molecule has 11 rings (SSSR count). The molecule has 2 aliphatic carbocycles. The number of hydrogen-bond donors (Lipinski definition) is 0. The average molecular weight is 732 g/mol. The lowest BCUT2D eigenvalue weighted by atomic mass is 9.77. The molecule has 2 aliphatic rings. The maximum Gasteiger partial charge on any atom is 0.0547 e. The summed E-state index contributed by atoms with van der Waals surface area (Å²) in [4.78, 5) is 0. The van der Waals surface area contributed by atoms with Crippen LogP contribution in [0.3, 0.4) is 0 Å². The largest absolute Gasteiger partial charge is 0.309 e. The van der Waals surface area contributed by atoms with Crippen LogP contribution in [0.15, 0.2) is 182 Å². The number of benzene rings is 8. The first-order valence-electron chi connectivity index (χ1n) is 20.7. The zero-order chi connectivity index (χ0) is 38.0. The lowest BCUT2D eigenvalue weighted by Gasteiger charge is -2.27. The summed E-state index contributed by atoms with van der Waals surface area (Å²) in [5.74, 6) is 1.00. The highest BCUT2D eigenvalue weighted by Crippen LogP contribution is 2.49. The van der Waals surface area contributed by atoms with E-state index < -0.39 is 0 Å². The van der Waals surface area contributed by atoms with Crippen molar-refractivity contribution in [1.29, 1.82) is 0 Å². The first-order chi connectivity index (χ1) is 28.1. The minimum atomic E-state index is 0.305. The normalized spacial score (nSPS) is 17.3. The molecule has 0 aliphatic heterocycles. The van der Waals surface area contributed by atoms with Gasteiger partial charge in [0.15, 0.2) is 0 Å². The maximum absolute atomic E-state index is 2.58. The van der Waals surface area contributed by atoms with E-state index in [1.165, 1.54) is 99.8 Å². The topological polar surface area (TPSA) is 4.93 Å². The van der Waals surface area contributed by atoms with Gasteiger partial charge in [0, 0.05) is 22.4 Å². The van der Waals surface area contributed by atoms with Crippen LogP contribution in [0.2, 0.25) is 0 Å². The third-order valence-electron chi connectivity index (χ3n) is 13.3. The molecule has 1 aromatic heterocycles. The Morgan fingerprint density at radius 2 is 1.16 bits per heavy atom. The van der Waals surface area contributed by atoms with E-state index in [-0.39, 0.29) is 0 Å². The van der Waals surface area contributed by atoms with Crippen LogP contribution in [-0.4, -0.2) is 4.57 Å². The summed E-state index contributed by atoms with van der Waals surface area (Å²) in [5.41, 5.74) is 21.6. The van der Waals surface area contributed by atoms with Gasteiger partial charge in [0.1, 0.15) is 0 Å². The zero-order valence-electron chi connectivity index (χ0n) is 32.6. The number of aromatic nitrogens is 1. The molecule has 0 N–H and O–H groups in total. The predicted molar refractivity (Wildman–Crippen MR) is 240 cm³/mol. The molecule has 0 spiro atoms. The van der Waals surface area contributed by atoms with E-state index in [0.717, 1.165) is 19.3 Å². The average Bonchev–Trinajstić information content (AvgIpc) is 3.41. The lowest BCUT2D eigenvalue weighted by Crippen LogP contribution is -2.11. The van der Waals surface area contributed by atoms with Gasteiger partial charge in [0.2, 0.25) is 0 Å². The molecule has 0 saturated heterocycles. The second-order valence-electron chi connectivity index (χ2n) is 16.5. The van der Waals surface area contributed by atoms with Gasteiger partial charge in [-0.1, -0.05) is 170 Å². The van der Waals surface area contributed by atoms with Gasteiger partial charge < -0.3 is 4.57 Å². The number of nitrogens with zero attached hydrogens (tertiary/aromatic N) is 1. The third-order valence-corrected chi connectivity index (χ3v) is 13.3. The van der Waals surface area contributed by atoms with Crippen molar-refractivity contribution in [1.82, 2.24) is 4.57 Å². The predicted octanol–water partition coefficient (Wildman–Crippen LogP) is 14.6. The zero-order valence-corrected chi connectivity index (χ0v) is 32.6. The highest BCUT2D eigenvalue weighted by molar-refractivity contribution is 6.10. The Labute approximate surface area is 335 Å². The Morgan fingerprint density at radius 3 is 2.00 bits per heavy atom. The van der Waals surface area contributed by atoms with Crippen LogP contribution < -0.4 is 0 Å². The summed E-state index contributed by atoms with van der Waals surface area (Å²) < 4.78 is 2.44. The maximum atomic E-state index is 2.58. The minimum Gasteiger partial charge on any atom is -0.309 e. The van der Waals surface area contributed by atoms with Crippen molar-refractivity contribution in [3.63, 3.8) is 0 Å². The van der Waals surface area contributed by atoms with Gasteiger partial charge in [-0.05, 0) is 129 Å². The Hall–Kier alpha value is -6.44. The van der Waals surface area contributed by atoms with Crippen molar-refractivity contribution >= 4 is 21.8 Å². The molecule has 3 unspecified atom stereocenters. The molecule has 274 valence electrons. The van der Waals surface area contributed by atoms with Gasteiger partial charge in [-0.3, -0.25) is 0 Å². The molecule has 3 atom stereocenters. The van der Waals surface area contributed by atoms with Crippen molar-refractivity contribution in [3.8, 4) is 39.1 Å². The number of hydrogen-bond acceptors (Lipinski definition) is 0. The van der Waals surface area contributed by atoms with Gasteiger partial charge in [0.05, 0.1) is 11.0 Å². The molecule has 57 heavy (non-hydrogen) atoms. The molecule has 0 bridgehead atoms. The summed E-state index contributed by atoms with van der Waals surface area (Å²) in [6, 6.07) is 69.0. The van der Waals surface area contributed by atoms with Gasteiger partial charge in [-0.25, -0.2) is 0 Å². The molecule has 9 aromatic rings. The minimum absolute atomic E-state index is 0.305. The molecular formula is C56H45N. The van der Waals surface area contributed by atoms with Crippen molar-refractivity contribution in [2.24, 2.45) is 0 Å². The van der Waals surface area contributed by atoms with Crippen molar-refractivity contribution in [2.45, 2.75) is 50.9 Å². The van der Waals surface area contributed by atoms with Gasteiger partial charge in [0.25, 0.3) is 0 Å². The summed E-state index contributed by atoms with van der Waals surface area (Å²) in [7, 11) is 0. The number of para-hydroxylation sites is 1. The quantitative estimate of drug-likeness (QED) is 0.170. The first kappa shape index (κ1) is 33.9. The van der Waals surface area contributed by atoms with E-state index in [9.17, 15) is 0 Å². The highest BCUT2D eigenvalue weighted by atomic mass is 15.0. The second-order valence-corrected chi connectivity index (χ2v) is 16.5. The Kier molecular flexibility index (Phi) is 8.10. The number of fused-ring (bicyclic) bond motifs is 9. The molecule has 0 saturated carbocycles. The van der Waals surface area contributed by atoms with Crippen molar-refractivity contribution in [2.75, 3.05) is 0 Å². The van der Waals surface area contributed by atoms with E-state index in [0.29, 0.717) is 17.8 Å². The third kappa shape index (κ3) is 5.67. The summed E-state index contributed by atoms with van der Waals surface area (Å²) >= 11 is 0. The number of aryl methyl sites for hydroxylation is 2. The van der Waals surface area contributed by atoms with Crippen LogP contribution >= 0.6 is 0 Å². The van der Waals surface area contributed by atoms with Crippen LogP contribution in [0.1, 0.15) is 70.0 Å². The molecule has 0 amide bonds. The summed E-state index contributed by atoms with van der Waals surface area (Å²) in [6.07, 6.45) is 3.21. The van der Waals surface area contributed by atoms with Crippen LogP contribution in [0.25, 0.3) is 60.9 Å². The van der Waals surface area contributed by atoms with Crippen LogP contribution in [0.5, 0.6) is 0 Å². The lowest BCUT2D eigenvalue weighted by molar-refractivity contribution is 0.579. The monoisotopic (exact) mass is 731 g/mol. The van der Waals surface area contributed by atoms with E-state index >= 15 is 0 Å². The second kappa shape index (κ2) is 13.6. The Balaban J connectivity index is 1.05. The summed E-state index contributed by atoms with van der Waals surface area (Å²) in [5, 5.41) is 2.57. The van der Waals surface area contributed by atoms with Crippen LogP contribution in [0.4, 0.5) is 0 Å². The molecule has 8 aromatic carbocycles. The molecule has 1 nitrogen and oxygen atoms in total. The molecule has 1 heterocycles. The fourth-order valence-corrected chi connectivity index (χ4v) is 10.3. The van der Waals surface area contributed by atoms with E-state index in [1.54, 1.807) is 0 Å². The van der Waals surface area contributed by atoms with E-state index in [2.05, 4.69) is 200 Å². The fourth-order valence-electron chi connectivity index (χ4n) is 10.3. The number of rotatable bonds is 4. The molecule has 0 fully saturated rings. The first-order valence-corrected chi connectivity index (χ1v) is 20.7. The van der Waals surface area contributed by atoms with Gasteiger partial charge in [-0.2, -0.15) is 0 Å². The van der Waals surface area contributed by atoms with Gasteiger partial charge >= 0.3 is 0 Å². The van der Waals surface area contributed by atoms with Crippen LogP contribution in [0, 0.1) is 6.92 Å². The van der Waals surface area contributed by atoms with Crippen molar-refractivity contribution < 1.29 is 0 Å². The fraction of sp³-hybridized carbons (Fsp3) is 0.143. The standard InChI is InChI=1S/C56H45N/c1-36-20-26-44(27-21-36)57-55-19-11-10-18-50(55)51-31-24-41(35-56(51)57)40-23-29-48-46-17-9-7-15-42(46)33-52(37(2)53(48)32-40)43-25-30-49-47(38-12-4-3-5-13-38)28-22-39-14-6-8-16-45(39)54(49)34-43/h3-21,23-27,29-32,34-35,37,47,52H,22,28,33H2,1-2H3. The molecular weight excluding hydrogens is 687 g/mol. The molecule has 1 heteroatoms. The van der Waals surface area contributed by atoms with E-state index in [4.69, 9.17) is 0 Å². The highest BCUT2D eigenvalue weighted by Gasteiger charge is 2.31. The van der Waals surface area contributed by atoms with Crippen molar-refractivity contribution in [3.05, 3.63) is 221 Å². The Morgan fingerprint density at radius 1 is 0.474 bits per heavy atom. The molecule has 0 radical (unpaired) electrons. The Bertz CT molecular complexity index is 2960. The smallest absolute Gasteiger partial charge is 0.0547 e. The summed E-state index contributed by atoms with van der Waals surface area (Å²) in [6.45, 7) is 4.63.